The van der Waals surface area contributed by atoms with Crippen LogP contribution in [-0.2, 0) is 0 Å². The number of rotatable bonds is 2. The second-order valence-electron chi connectivity index (χ2n) is 3.66. The first-order valence-corrected chi connectivity index (χ1v) is 5.48. The quantitative estimate of drug-likeness (QED) is 0.830. The summed E-state index contributed by atoms with van der Waals surface area (Å²) in [5, 5.41) is 6.35. The van der Waals surface area contributed by atoms with Crippen LogP contribution in [0.5, 0.6) is 0 Å². The molecule has 2 aromatic heterocycles. The Kier molecular flexibility index (Phi) is 3.18. The highest BCUT2D eigenvalue weighted by atomic mass is 16.2. The first-order chi connectivity index (χ1) is 8.20. The molecular weight excluding hydrogens is 216 g/mol. The maximum Gasteiger partial charge on any atom is 0.319 e. The summed E-state index contributed by atoms with van der Waals surface area (Å²) in [5.74, 6) is 0. The Hall–Kier alpha value is -2.17. The van der Waals surface area contributed by atoms with Crippen LogP contribution in [0, 0.1) is 6.92 Å². The first kappa shape index (κ1) is 11.3. The molecule has 2 rings (SSSR count). The molecule has 0 aromatic carbocycles. The Morgan fingerprint density at radius 2 is 2.29 bits per heavy atom. The van der Waals surface area contributed by atoms with E-state index >= 15 is 0 Å². The largest absolute Gasteiger partial charge is 0.338 e. The molecule has 0 saturated carbocycles. The summed E-state index contributed by atoms with van der Waals surface area (Å²) < 4.78 is 0. The molecule has 5 heteroatoms. The lowest BCUT2D eigenvalue weighted by molar-refractivity contribution is 0.252. The maximum absolute atomic E-state index is 11.4. The highest BCUT2D eigenvalue weighted by Gasteiger charge is 2.06. The third-order valence-corrected chi connectivity index (χ3v) is 2.37. The van der Waals surface area contributed by atoms with E-state index in [1.807, 2.05) is 32.0 Å². The monoisotopic (exact) mass is 230 g/mol. The van der Waals surface area contributed by atoms with Gasteiger partial charge in [0.05, 0.1) is 11.4 Å². The van der Waals surface area contributed by atoms with Crippen molar-refractivity contribution >= 4 is 22.8 Å². The van der Waals surface area contributed by atoms with Gasteiger partial charge in [-0.2, -0.15) is 0 Å². The van der Waals surface area contributed by atoms with Gasteiger partial charge in [-0.05, 0) is 32.0 Å². The molecule has 0 fully saturated rings. The normalized spacial score (nSPS) is 10.2. The fourth-order valence-corrected chi connectivity index (χ4v) is 1.55. The summed E-state index contributed by atoms with van der Waals surface area (Å²) in [6, 6.07) is 5.41. The molecule has 0 aliphatic heterocycles. The van der Waals surface area contributed by atoms with Crippen LogP contribution in [0.15, 0.2) is 24.4 Å². The predicted molar refractivity (Wildman–Crippen MR) is 67.0 cm³/mol. The molecule has 0 aliphatic rings. The number of carbonyl (C=O) groups excluding carboxylic acids is 1. The molecule has 0 atom stereocenters. The molecule has 2 aromatic rings. The molecule has 0 spiro atoms. The van der Waals surface area contributed by atoms with Crippen molar-refractivity contribution in [1.82, 2.24) is 15.3 Å². The fraction of sp³-hybridized carbons (Fsp3) is 0.250. The molecule has 2 amide bonds. The number of amides is 2. The van der Waals surface area contributed by atoms with Gasteiger partial charge >= 0.3 is 6.03 Å². The van der Waals surface area contributed by atoms with Gasteiger partial charge in [0.25, 0.3) is 0 Å². The standard InChI is InChI=1S/C12H14N4O/c1-3-13-12(17)16-10-7-9-5-4-6-14-11(9)15-8(10)2/h4-7H,3H2,1-2H3,(H2,13,16,17). The maximum atomic E-state index is 11.4. The summed E-state index contributed by atoms with van der Waals surface area (Å²) in [6.07, 6.45) is 1.70. The minimum Gasteiger partial charge on any atom is -0.338 e. The third kappa shape index (κ3) is 2.50. The molecule has 0 unspecified atom stereocenters. The lowest BCUT2D eigenvalue weighted by Crippen LogP contribution is -2.28. The average Bonchev–Trinajstić information content (AvgIpc) is 2.30. The minimum atomic E-state index is -0.222. The zero-order chi connectivity index (χ0) is 12.3. The minimum absolute atomic E-state index is 0.222. The molecule has 88 valence electrons. The van der Waals surface area contributed by atoms with Crippen LogP contribution in [0.1, 0.15) is 12.6 Å². The zero-order valence-corrected chi connectivity index (χ0v) is 9.82. The third-order valence-electron chi connectivity index (χ3n) is 2.37. The van der Waals surface area contributed by atoms with Gasteiger partial charge in [-0.25, -0.2) is 14.8 Å². The summed E-state index contributed by atoms with van der Waals surface area (Å²) in [5.41, 5.74) is 2.14. The first-order valence-electron chi connectivity index (χ1n) is 5.48. The molecular formula is C12H14N4O. The van der Waals surface area contributed by atoms with E-state index in [-0.39, 0.29) is 6.03 Å². The van der Waals surface area contributed by atoms with E-state index in [0.717, 1.165) is 11.1 Å². The van der Waals surface area contributed by atoms with Crippen molar-refractivity contribution in [3.8, 4) is 0 Å². The smallest absolute Gasteiger partial charge is 0.319 e. The predicted octanol–water partition coefficient (Wildman–Crippen LogP) is 2.08. The molecule has 0 aliphatic carbocycles. The van der Waals surface area contributed by atoms with Crippen molar-refractivity contribution in [2.75, 3.05) is 11.9 Å². The van der Waals surface area contributed by atoms with Crippen LogP contribution in [0.25, 0.3) is 11.0 Å². The number of fused-ring (bicyclic) bond motifs is 1. The number of aromatic nitrogens is 2. The van der Waals surface area contributed by atoms with E-state index in [4.69, 9.17) is 0 Å². The van der Waals surface area contributed by atoms with Gasteiger partial charge < -0.3 is 10.6 Å². The van der Waals surface area contributed by atoms with E-state index in [9.17, 15) is 4.79 Å². The Morgan fingerprint density at radius 3 is 3.06 bits per heavy atom. The van der Waals surface area contributed by atoms with Crippen LogP contribution >= 0.6 is 0 Å². The van der Waals surface area contributed by atoms with E-state index in [1.54, 1.807) is 6.20 Å². The Morgan fingerprint density at radius 1 is 1.47 bits per heavy atom. The van der Waals surface area contributed by atoms with Gasteiger partial charge in [-0.15, -0.1) is 0 Å². The van der Waals surface area contributed by atoms with Crippen LogP contribution in [-0.4, -0.2) is 22.5 Å². The zero-order valence-electron chi connectivity index (χ0n) is 9.82. The number of aryl methyl sites for hydroxylation is 1. The highest BCUT2D eigenvalue weighted by Crippen LogP contribution is 2.18. The topological polar surface area (TPSA) is 66.9 Å². The number of anilines is 1. The van der Waals surface area contributed by atoms with Crippen LogP contribution < -0.4 is 10.6 Å². The number of nitrogens with one attached hydrogen (secondary N) is 2. The van der Waals surface area contributed by atoms with Gasteiger partial charge in [0.1, 0.15) is 0 Å². The van der Waals surface area contributed by atoms with Crippen molar-refractivity contribution in [2.45, 2.75) is 13.8 Å². The Bertz CT molecular complexity index is 553. The molecule has 0 bridgehead atoms. The number of hydrogen-bond acceptors (Lipinski definition) is 3. The van der Waals surface area contributed by atoms with E-state index in [2.05, 4.69) is 20.6 Å². The van der Waals surface area contributed by atoms with Crippen LogP contribution in [0.4, 0.5) is 10.5 Å². The number of hydrogen-bond donors (Lipinski definition) is 2. The molecule has 17 heavy (non-hydrogen) atoms. The summed E-state index contributed by atoms with van der Waals surface area (Å²) in [4.78, 5) is 19.9. The van der Waals surface area contributed by atoms with Crippen molar-refractivity contribution in [2.24, 2.45) is 0 Å². The molecule has 0 radical (unpaired) electrons. The van der Waals surface area contributed by atoms with Crippen LogP contribution in [0.3, 0.4) is 0 Å². The Labute approximate surface area is 99.3 Å². The highest BCUT2D eigenvalue weighted by molar-refractivity contribution is 5.92. The number of nitrogens with zero attached hydrogens (tertiary/aromatic N) is 2. The van der Waals surface area contributed by atoms with Crippen molar-refractivity contribution < 1.29 is 4.79 Å². The number of carbonyl (C=O) groups is 1. The number of urea groups is 1. The van der Waals surface area contributed by atoms with Crippen molar-refractivity contribution in [3.63, 3.8) is 0 Å². The Balaban J connectivity index is 2.34. The summed E-state index contributed by atoms with van der Waals surface area (Å²) >= 11 is 0. The fourth-order valence-electron chi connectivity index (χ4n) is 1.55. The van der Waals surface area contributed by atoms with Gasteiger partial charge in [0.15, 0.2) is 5.65 Å². The lowest BCUT2D eigenvalue weighted by Gasteiger charge is -2.09. The molecule has 0 saturated heterocycles. The summed E-state index contributed by atoms with van der Waals surface area (Å²) in [6.45, 7) is 4.30. The SMILES string of the molecule is CCNC(=O)Nc1cc2cccnc2nc1C. The van der Waals surface area contributed by atoms with E-state index < -0.39 is 0 Å². The number of pyridine rings is 2. The van der Waals surface area contributed by atoms with E-state index in [0.29, 0.717) is 17.9 Å². The van der Waals surface area contributed by atoms with Gasteiger partial charge in [-0.1, -0.05) is 0 Å². The second-order valence-corrected chi connectivity index (χ2v) is 3.66. The van der Waals surface area contributed by atoms with Crippen molar-refractivity contribution in [1.29, 1.82) is 0 Å². The average molecular weight is 230 g/mol. The summed E-state index contributed by atoms with van der Waals surface area (Å²) in [7, 11) is 0. The molecule has 2 heterocycles. The van der Waals surface area contributed by atoms with Gasteiger partial charge in [0.2, 0.25) is 0 Å². The van der Waals surface area contributed by atoms with E-state index in [1.165, 1.54) is 0 Å². The van der Waals surface area contributed by atoms with Gasteiger partial charge in [0, 0.05) is 18.1 Å². The second kappa shape index (κ2) is 4.78. The molecule has 5 nitrogen and oxygen atoms in total. The van der Waals surface area contributed by atoms with Gasteiger partial charge in [-0.3, -0.25) is 0 Å². The lowest BCUT2D eigenvalue weighted by atomic mass is 10.2. The van der Waals surface area contributed by atoms with Crippen molar-refractivity contribution in [3.05, 3.63) is 30.1 Å². The molecule has 2 N–H and O–H groups in total. The van der Waals surface area contributed by atoms with Crippen LogP contribution in [0.2, 0.25) is 0 Å².